The predicted molar refractivity (Wildman–Crippen MR) is 103 cm³/mol. The largest absolute Gasteiger partial charge is 0.348 e. The molecule has 0 unspecified atom stereocenters. The van der Waals surface area contributed by atoms with Gasteiger partial charge in [0.1, 0.15) is 12.1 Å². The van der Waals surface area contributed by atoms with E-state index in [2.05, 4.69) is 44.5 Å². The van der Waals surface area contributed by atoms with Gasteiger partial charge in [0, 0.05) is 31.7 Å². The highest BCUT2D eigenvalue weighted by atomic mass is 16.1. The molecular weight excluding hydrogens is 338 g/mol. The second-order valence-electron chi connectivity index (χ2n) is 6.86. The number of hydrogen-bond donors (Lipinski definition) is 1. The van der Waals surface area contributed by atoms with Crippen molar-refractivity contribution in [1.82, 2.24) is 24.8 Å². The SMILES string of the molecule is O=C(NCc1ccc(CN2CCCC2)cc1)c1ccc(-n2ccnc2)nc1. The molecule has 1 amide bonds. The third kappa shape index (κ3) is 4.41. The van der Waals surface area contributed by atoms with Gasteiger partial charge in [-0.2, -0.15) is 0 Å². The highest BCUT2D eigenvalue weighted by Crippen LogP contribution is 2.13. The van der Waals surface area contributed by atoms with Gasteiger partial charge < -0.3 is 5.32 Å². The van der Waals surface area contributed by atoms with E-state index in [9.17, 15) is 4.79 Å². The summed E-state index contributed by atoms with van der Waals surface area (Å²) in [6.07, 6.45) is 9.39. The fraction of sp³-hybridized carbons (Fsp3) is 0.286. The monoisotopic (exact) mass is 361 g/mol. The van der Waals surface area contributed by atoms with Crippen molar-refractivity contribution >= 4 is 5.91 Å². The molecule has 4 rings (SSSR count). The summed E-state index contributed by atoms with van der Waals surface area (Å²) in [5.41, 5.74) is 2.97. The van der Waals surface area contributed by atoms with Crippen molar-refractivity contribution < 1.29 is 4.79 Å². The predicted octanol–water partition coefficient (Wildman–Crippen LogP) is 2.79. The second kappa shape index (κ2) is 8.14. The molecule has 2 aromatic heterocycles. The highest BCUT2D eigenvalue weighted by molar-refractivity contribution is 5.93. The van der Waals surface area contributed by atoms with Crippen LogP contribution in [0.25, 0.3) is 5.82 Å². The van der Waals surface area contributed by atoms with Gasteiger partial charge in [0.05, 0.1) is 5.56 Å². The number of imidazole rings is 1. The first-order chi connectivity index (χ1) is 13.3. The Labute approximate surface area is 158 Å². The minimum atomic E-state index is -0.124. The summed E-state index contributed by atoms with van der Waals surface area (Å²) in [6, 6.07) is 12.1. The van der Waals surface area contributed by atoms with E-state index in [0.29, 0.717) is 12.1 Å². The first-order valence-electron chi connectivity index (χ1n) is 9.31. The summed E-state index contributed by atoms with van der Waals surface area (Å²) < 4.78 is 1.80. The summed E-state index contributed by atoms with van der Waals surface area (Å²) in [6.45, 7) is 3.92. The summed E-state index contributed by atoms with van der Waals surface area (Å²) in [5.74, 6) is 0.610. The van der Waals surface area contributed by atoms with Gasteiger partial charge in [0.2, 0.25) is 0 Å². The molecule has 0 radical (unpaired) electrons. The van der Waals surface area contributed by atoms with Gasteiger partial charge >= 0.3 is 0 Å². The molecule has 1 N–H and O–H groups in total. The van der Waals surface area contributed by atoms with E-state index in [1.807, 2.05) is 12.3 Å². The molecule has 1 fully saturated rings. The lowest BCUT2D eigenvalue weighted by atomic mass is 10.1. The van der Waals surface area contributed by atoms with Crippen LogP contribution in [0.4, 0.5) is 0 Å². The van der Waals surface area contributed by atoms with E-state index < -0.39 is 0 Å². The standard InChI is InChI=1S/C21H23N5O/c27-21(19-7-8-20(23-14-19)26-12-9-22-16-26)24-13-17-3-5-18(6-4-17)15-25-10-1-2-11-25/h3-9,12,14,16H,1-2,10-11,13,15H2,(H,24,27). The molecule has 3 aromatic rings. The van der Waals surface area contributed by atoms with Crippen LogP contribution in [0.1, 0.15) is 34.3 Å². The fourth-order valence-electron chi connectivity index (χ4n) is 3.31. The van der Waals surface area contributed by atoms with Crippen molar-refractivity contribution in [3.63, 3.8) is 0 Å². The molecule has 0 atom stereocenters. The second-order valence-corrected chi connectivity index (χ2v) is 6.86. The Bertz CT molecular complexity index is 866. The van der Waals surface area contributed by atoms with Crippen LogP contribution in [-0.4, -0.2) is 38.4 Å². The number of carbonyl (C=O) groups excluding carboxylic acids is 1. The van der Waals surface area contributed by atoms with Crippen LogP contribution in [0.2, 0.25) is 0 Å². The number of likely N-dealkylation sites (tertiary alicyclic amines) is 1. The zero-order chi connectivity index (χ0) is 18.5. The molecule has 1 aliphatic rings. The van der Waals surface area contributed by atoms with Crippen LogP contribution in [0.15, 0.2) is 61.3 Å². The summed E-state index contributed by atoms with van der Waals surface area (Å²) in [7, 11) is 0. The van der Waals surface area contributed by atoms with Crippen molar-refractivity contribution in [2.24, 2.45) is 0 Å². The van der Waals surface area contributed by atoms with Crippen LogP contribution >= 0.6 is 0 Å². The van der Waals surface area contributed by atoms with Crippen molar-refractivity contribution in [3.8, 4) is 5.82 Å². The smallest absolute Gasteiger partial charge is 0.253 e. The Morgan fingerprint density at radius 1 is 1.04 bits per heavy atom. The number of pyridine rings is 1. The van der Waals surface area contributed by atoms with Crippen molar-refractivity contribution in [2.75, 3.05) is 13.1 Å². The zero-order valence-corrected chi connectivity index (χ0v) is 15.2. The molecular formula is C21H23N5O. The number of amides is 1. The van der Waals surface area contributed by atoms with Crippen molar-refractivity contribution in [2.45, 2.75) is 25.9 Å². The van der Waals surface area contributed by atoms with Gasteiger partial charge in [0.25, 0.3) is 5.91 Å². The topological polar surface area (TPSA) is 63.1 Å². The third-order valence-corrected chi connectivity index (χ3v) is 4.86. The van der Waals surface area contributed by atoms with Crippen LogP contribution in [-0.2, 0) is 13.1 Å². The quantitative estimate of drug-likeness (QED) is 0.733. The van der Waals surface area contributed by atoms with E-state index >= 15 is 0 Å². The van der Waals surface area contributed by atoms with Gasteiger partial charge in [-0.1, -0.05) is 24.3 Å². The van der Waals surface area contributed by atoms with E-state index in [-0.39, 0.29) is 5.91 Å². The number of aromatic nitrogens is 3. The van der Waals surface area contributed by atoms with Gasteiger partial charge in [-0.15, -0.1) is 0 Å². The van der Waals surface area contributed by atoms with Gasteiger partial charge in [0.15, 0.2) is 0 Å². The van der Waals surface area contributed by atoms with Gasteiger partial charge in [-0.25, -0.2) is 9.97 Å². The highest BCUT2D eigenvalue weighted by Gasteiger charge is 2.11. The number of nitrogens with one attached hydrogen (secondary N) is 1. The Morgan fingerprint density at radius 2 is 1.81 bits per heavy atom. The molecule has 0 bridgehead atoms. The molecule has 138 valence electrons. The molecule has 6 heteroatoms. The minimum absolute atomic E-state index is 0.124. The lowest BCUT2D eigenvalue weighted by molar-refractivity contribution is 0.0950. The maximum Gasteiger partial charge on any atom is 0.253 e. The Morgan fingerprint density at radius 3 is 2.48 bits per heavy atom. The Hall–Kier alpha value is -2.99. The lowest BCUT2D eigenvalue weighted by Crippen LogP contribution is -2.23. The maximum atomic E-state index is 12.3. The van der Waals surface area contributed by atoms with Gasteiger partial charge in [-0.05, 0) is 49.2 Å². The maximum absolute atomic E-state index is 12.3. The fourth-order valence-corrected chi connectivity index (χ4v) is 3.31. The van der Waals surface area contributed by atoms with E-state index in [4.69, 9.17) is 0 Å². The normalized spacial score (nSPS) is 14.4. The van der Waals surface area contributed by atoms with Crippen LogP contribution in [0, 0.1) is 0 Å². The van der Waals surface area contributed by atoms with Crippen LogP contribution in [0.5, 0.6) is 0 Å². The number of rotatable bonds is 6. The van der Waals surface area contributed by atoms with E-state index in [1.54, 1.807) is 29.4 Å². The lowest BCUT2D eigenvalue weighted by Gasteiger charge is -2.14. The third-order valence-electron chi connectivity index (χ3n) is 4.86. The van der Waals surface area contributed by atoms with Crippen LogP contribution in [0.3, 0.4) is 0 Å². The van der Waals surface area contributed by atoms with Crippen molar-refractivity contribution in [3.05, 3.63) is 78.0 Å². The molecule has 0 saturated carbocycles. The molecule has 27 heavy (non-hydrogen) atoms. The Balaban J connectivity index is 1.30. The van der Waals surface area contributed by atoms with E-state index in [0.717, 1.165) is 17.9 Å². The molecule has 3 heterocycles. The Kier molecular flexibility index (Phi) is 5.25. The molecule has 1 aliphatic heterocycles. The molecule has 0 spiro atoms. The summed E-state index contributed by atoms with van der Waals surface area (Å²) in [4.78, 5) is 23.1. The average molecular weight is 361 g/mol. The number of carbonyl (C=O) groups is 1. The zero-order valence-electron chi connectivity index (χ0n) is 15.2. The number of hydrogen-bond acceptors (Lipinski definition) is 4. The van der Waals surface area contributed by atoms with Crippen molar-refractivity contribution in [1.29, 1.82) is 0 Å². The molecule has 1 saturated heterocycles. The first-order valence-corrected chi connectivity index (χ1v) is 9.31. The molecule has 0 aliphatic carbocycles. The average Bonchev–Trinajstić information content (AvgIpc) is 3.42. The van der Waals surface area contributed by atoms with Crippen LogP contribution < -0.4 is 5.32 Å². The molecule has 1 aromatic carbocycles. The first kappa shape index (κ1) is 17.4. The van der Waals surface area contributed by atoms with E-state index in [1.165, 1.54) is 31.5 Å². The van der Waals surface area contributed by atoms with Gasteiger partial charge in [-0.3, -0.25) is 14.3 Å². The number of nitrogens with zero attached hydrogens (tertiary/aromatic N) is 4. The summed E-state index contributed by atoms with van der Waals surface area (Å²) >= 11 is 0. The molecule has 6 nitrogen and oxygen atoms in total. The minimum Gasteiger partial charge on any atom is -0.348 e. The summed E-state index contributed by atoms with van der Waals surface area (Å²) in [5, 5.41) is 2.95. The number of benzene rings is 1.